The molecule has 3 aromatic heterocycles. The number of nitrogens with zero attached hydrogens (tertiary/aromatic N) is 3. The van der Waals surface area contributed by atoms with E-state index in [1.165, 1.54) is 18.4 Å². The predicted octanol–water partition coefficient (Wildman–Crippen LogP) is 4.44. The molecule has 0 radical (unpaired) electrons. The van der Waals surface area contributed by atoms with Gasteiger partial charge in [0.2, 0.25) is 5.88 Å². The Morgan fingerprint density at radius 3 is 2.60 bits per heavy atom. The number of nitrogens with one attached hydrogen (secondary N) is 1. The number of pyridine rings is 1. The van der Waals surface area contributed by atoms with Crippen LogP contribution >= 0.6 is 11.3 Å². The summed E-state index contributed by atoms with van der Waals surface area (Å²) >= 11 is 1.37. The second-order valence-electron chi connectivity index (χ2n) is 6.23. The van der Waals surface area contributed by atoms with Crippen LogP contribution in [-0.4, -0.2) is 35.3 Å². The fourth-order valence-corrected chi connectivity index (χ4v) is 3.62. The maximum Gasteiger partial charge on any atom is 0.273 e. The van der Waals surface area contributed by atoms with Crippen molar-refractivity contribution in [3.8, 4) is 32.9 Å². The van der Waals surface area contributed by atoms with E-state index >= 15 is 0 Å². The Balaban J connectivity index is 1.63. The number of rotatable bonds is 6. The highest BCUT2D eigenvalue weighted by Crippen LogP contribution is 2.33. The molecule has 0 unspecified atom stereocenters. The highest BCUT2D eigenvalue weighted by Gasteiger charge is 2.23. The molecule has 4 rings (SSSR count). The van der Waals surface area contributed by atoms with Gasteiger partial charge < -0.3 is 19.3 Å². The number of benzene rings is 1. The number of aromatic nitrogens is 3. The molecule has 0 saturated heterocycles. The molecule has 3 heterocycles. The van der Waals surface area contributed by atoms with Crippen LogP contribution in [0.1, 0.15) is 16.1 Å². The zero-order valence-corrected chi connectivity index (χ0v) is 17.3. The third-order valence-electron chi connectivity index (χ3n) is 4.35. The van der Waals surface area contributed by atoms with Crippen molar-refractivity contribution in [1.82, 2.24) is 15.1 Å². The molecule has 4 aromatic rings. The van der Waals surface area contributed by atoms with E-state index in [0.29, 0.717) is 33.6 Å². The van der Waals surface area contributed by atoms with Gasteiger partial charge in [-0.15, -0.1) is 0 Å². The maximum atomic E-state index is 13.0. The summed E-state index contributed by atoms with van der Waals surface area (Å²) in [6, 6.07) is 12.9. The van der Waals surface area contributed by atoms with Crippen molar-refractivity contribution in [3.63, 3.8) is 0 Å². The lowest BCUT2D eigenvalue weighted by Gasteiger charge is -2.10. The van der Waals surface area contributed by atoms with Crippen LogP contribution in [0.4, 0.5) is 5.69 Å². The van der Waals surface area contributed by atoms with Crippen LogP contribution in [0, 0.1) is 6.92 Å². The first-order valence-corrected chi connectivity index (χ1v) is 9.80. The number of amides is 1. The van der Waals surface area contributed by atoms with E-state index < -0.39 is 0 Å². The second kappa shape index (κ2) is 8.34. The molecule has 0 saturated carbocycles. The summed E-state index contributed by atoms with van der Waals surface area (Å²) in [7, 11) is 3.06. The minimum absolute atomic E-state index is 0.281. The molecule has 1 N–H and O–H groups in total. The minimum Gasteiger partial charge on any atom is -0.479 e. The number of methoxy groups -OCH3 is 2. The van der Waals surface area contributed by atoms with Crippen molar-refractivity contribution in [2.75, 3.05) is 19.5 Å². The van der Waals surface area contributed by atoms with Gasteiger partial charge in [-0.3, -0.25) is 4.79 Å². The molecule has 0 bridgehead atoms. The molecule has 0 aliphatic carbocycles. The number of hydrogen-bond donors (Lipinski definition) is 1. The number of anilines is 1. The summed E-state index contributed by atoms with van der Waals surface area (Å²) in [6.07, 6.45) is 1.68. The van der Waals surface area contributed by atoms with Gasteiger partial charge in [-0.25, -0.2) is 9.97 Å². The fraction of sp³-hybridized carbons (Fsp3) is 0.143. The molecule has 0 fully saturated rings. The first-order valence-electron chi connectivity index (χ1n) is 8.99. The van der Waals surface area contributed by atoms with E-state index in [1.807, 2.05) is 30.3 Å². The van der Waals surface area contributed by atoms with Gasteiger partial charge in [0.05, 0.1) is 31.0 Å². The van der Waals surface area contributed by atoms with Gasteiger partial charge in [-0.2, -0.15) is 0 Å². The topological polar surface area (TPSA) is 99.4 Å². The number of hydrogen-bond acceptors (Lipinski definition) is 8. The monoisotopic (exact) mass is 422 g/mol. The van der Waals surface area contributed by atoms with Crippen molar-refractivity contribution < 1.29 is 18.8 Å². The van der Waals surface area contributed by atoms with Crippen LogP contribution < -0.4 is 14.8 Å². The highest BCUT2D eigenvalue weighted by molar-refractivity contribution is 7.16. The van der Waals surface area contributed by atoms with Gasteiger partial charge in [0, 0.05) is 5.56 Å². The van der Waals surface area contributed by atoms with Crippen LogP contribution in [-0.2, 0) is 0 Å². The van der Waals surface area contributed by atoms with Gasteiger partial charge in [-0.1, -0.05) is 46.8 Å². The average Bonchev–Trinajstić information content (AvgIpc) is 3.41. The van der Waals surface area contributed by atoms with Crippen LogP contribution in [0.2, 0.25) is 0 Å². The Hall–Kier alpha value is -3.72. The summed E-state index contributed by atoms with van der Waals surface area (Å²) in [4.78, 5) is 22.5. The Labute approximate surface area is 176 Å². The summed E-state index contributed by atoms with van der Waals surface area (Å²) in [5.41, 5.74) is 2.73. The van der Waals surface area contributed by atoms with E-state index in [9.17, 15) is 4.79 Å². The van der Waals surface area contributed by atoms with Gasteiger partial charge in [-0.05, 0) is 19.1 Å². The second-order valence-corrected chi connectivity index (χ2v) is 7.22. The largest absolute Gasteiger partial charge is 0.479 e. The van der Waals surface area contributed by atoms with Gasteiger partial charge in [0.15, 0.2) is 0 Å². The number of thiazole rings is 1. The van der Waals surface area contributed by atoms with Crippen molar-refractivity contribution in [2.24, 2.45) is 0 Å². The van der Waals surface area contributed by atoms with Crippen molar-refractivity contribution in [1.29, 1.82) is 0 Å². The quantitative estimate of drug-likeness (QED) is 0.490. The molecule has 30 heavy (non-hydrogen) atoms. The summed E-state index contributed by atoms with van der Waals surface area (Å²) < 4.78 is 15.8. The van der Waals surface area contributed by atoms with Crippen molar-refractivity contribution in [2.45, 2.75) is 6.92 Å². The molecule has 152 valence electrons. The first kappa shape index (κ1) is 19.6. The molecule has 0 spiro atoms. The molecule has 1 amide bonds. The van der Waals surface area contributed by atoms with Crippen LogP contribution in [0.25, 0.3) is 21.8 Å². The number of carbonyl (C=O) groups excluding carboxylic acids is 1. The number of ether oxygens (including phenoxy) is 2. The zero-order chi connectivity index (χ0) is 21.1. The average molecular weight is 422 g/mol. The number of carbonyl (C=O) groups is 1. The Bertz CT molecular complexity index is 1190. The fourth-order valence-electron chi connectivity index (χ4n) is 2.92. The maximum absolute atomic E-state index is 13.0. The van der Waals surface area contributed by atoms with Crippen LogP contribution in [0.5, 0.6) is 11.1 Å². The molecule has 0 aliphatic heterocycles. The van der Waals surface area contributed by atoms with E-state index in [4.69, 9.17) is 14.0 Å². The lowest BCUT2D eigenvalue weighted by atomic mass is 10.1. The third kappa shape index (κ3) is 3.74. The summed E-state index contributed by atoms with van der Waals surface area (Å²) in [5.74, 6) is 0.343. The summed E-state index contributed by atoms with van der Waals surface area (Å²) in [5, 5.41) is 7.44. The van der Waals surface area contributed by atoms with E-state index in [-0.39, 0.29) is 11.8 Å². The van der Waals surface area contributed by atoms with E-state index in [2.05, 4.69) is 20.4 Å². The smallest absolute Gasteiger partial charge is 0.273 e. The number of aryl methyl sites for hydroxylation is 1. The van der Waals surface area contributed by atoms with Crippen LogP contribution in [0.3, 0.4) is 0 Å². The molecular weight excluding hydrogens is 404 g/mol. The molecule has 8 nitrogen and oxygen atoms in total. The lowest BCUT2D eigenvalue weighted by Crippen LogP contribution is -2.14. The van der Waals surface area contributed by atoms with Crippen molar-refractivity contribution >= 4 is 22.9 Å². The van der Waals surface area contributed by atoms with Gasteiger partial charge in [0.1, 0.15) is 22.7 Å². The molecular formula is C21H18N4O4S. The SMILES string of the molecule is COc1ncc(-c2ccc(NC(=O)c3c(-c4ccccc4)noc3C)c(OC)n2)s1. The normalized spacial score (nSPS) is 10.6. The lowest BCUT2D eigenvalue weighted by molar-refractivity contribution is 0.102. The third-order valence-corrected chi connectivity index (χ3v) is 5.33. The molecule has 0 aliphatic rings. The first-order chi connectivity index (χ1) is 14.6. The molecule has 1 aromatic carbocycles. The van der Waals surface area contributed by atoms with Crippen LogP contribution in [0.15, 0.2) is 53.2 Å². The Kier molecular flexibility index (Phi) is 5.44. The zero-order valence-electron chi connectivity index (χ0n) is 16.5. The Morgan fingerprint density at radius 2 is 1.90 bits per heavy atom. The summed E-state index contributed by atoms with van der Waals surface area (Å²) in [6.45, 7) is 1.70. The molecule has 9 heteroatoms. The standard InChI is InChI=1S/C21H18N4O4S/c1-12-17(18(25-29-12)13-7-5-4-6-8-13)19(26)23-15-10-9-14(24-20(15)27-2)16-11-22-21(28-3)30-16/h4-11H,1-3H3,(H,23,26). The Morgan fingerprint density at radius 1 is 1.10 bits per heavy atom. The molecule has 0 atom stereocenters. The minimum atomic E-state index is -0.361. The van der Waals surface area contributed by atoms with E-state index in [1.54, 1.807) is 32.4 Å². The van der Waals surface area contributed by atoms with Gasteiger partial charge >= 0.3 is 0 Å². The van der Waals surface area contributed by atoms with Gasteiger partial charge in [0.25, 0.3) is 11.1 Å². The van der Waals surface area contributed by atoms with E-state index in [0.717, 1.165) is 10.4 Å². The highest BCUT2D eigenvalue weighted by atomic mass is 32.1. The van der Waals surface area contributed by atoms with Crippen molar-refractivity contribution in [3.05, 3.63) is 60.0 Å². The predicted molar refractivity (Wildman–Crippen MR) is 113 cm³/mol.